The Morgan fingerprint density at radius 2 is 1.85 bits per heavy atom. The summed E-state index contributed by atoms with van der Waals surface area (Å²) in [5.74, 6) is 0.487. The summed E-state index contributed by atoms with van der Waals surface area (Å²) in [4.78, 5) is 14.6. The Kier molecular flexibility index (Phi) is 9.06. The van der Waals surface area contributed by atoms with Gasteiger partial charge < -0.3 is 15.0 Å². The van der Waals surface area contributed by atoms with Crippen LogP contribution in [0.5, 0.6) is 0 Å². The van der Waals surface area contributed by atoms with Gasteiger partial charge in [0.25, 0.3) is 0 Å². The molecule has 0 heterocycles. The Morgan fingerprint density at radius 3 is 2.25 bits per heavy atom. The van der Waals surface area contributed by atoms with Gasteiger partial charge in [-0.1, -0.05) is 20.8 Å². The predicted molar refractivity (Wildman–Crippen MR) is 84.9 cm³/mol. The molecule has 0 aromatic rings. The highest BCUT2D eigenvalue weighted by atomic mass is 16.5. The summed E-state index contributed by atoms with van der Waals surface area (Å²) in [6.07, 6.45) is 0.768. The second-order valence-electron chi connectivity index (χ2n) is 6.32. The van der Waals surface area contributed by atoms with Crippen molar-refractivity contribution in [1.29, 1.82) is 0 Å². The normalized spacial score (nSPS) is 14.9. The van der Waals surface area contributed by atoms with E-state index in [9.17, 15) is 4.79 Å². The monoisotopic (exact) mass is 286 g/mol. The number of hydrogen-bond acceptors (Lipinski definition) is 4. The van der Waals surface area contributed by atoms with Gasteiger partial charge >= 0.3 is 5.97 Å². The quantitative estimate of drug-likeness (QED) is 0.627. The second kappa shape index (κ2) is 9.35. The first kappa shape index (κ1) is 19.4. The maximum absolute atomic E-state index is 12.2. The first-order chi connectivity index (χ1) is 9.26. The second-order valence-corrected chi connectivity index (χ2v) is 6.32. The lowest BCUT2D eigenvalue weighted by Gasteiger charge is -2.34. The van der Waals surface area contributed by atoms with E-state index in [0.717, 1.165) is 26.1 Å². The average molecular weight is 286 g/mol. The van der Waals surface area contributed by atoms with E-state index in [2.05, 4.69) is 37.9 Å². The molecule has 20 heavy (non-hydrogen) atoms. The van der Waals surface area contributed by atoms with Gasteiger partial charge in [-0.15, -0.1) is 0 Å². The molecule has 0 rings (SSSR count). The van der Waals surface area contributed by atoms with Crippen molar-refractivity contribution in [3.63, 3.8) is 0 Å². The van der Waals surface area contributed by atoms with Gasteiger partial charge in [0.1, 0.15) is 5.54 Å². The molecule has 4 nitrogen and oxygen atoms in total. The third kappa shape index (κ3) is 6.71. The van der Waals surface area contributed by atoms with Gasteiger partial charge in [0.05, 0.1) is 6.61 Å². The van der Waals surface area contributed by atoms with Gasteiger partial charge in [0.15, 0.2) is 0 Å². The van der Waals surface area contributed by atoms with Crippen LogP contribution in [0.3, 0.4) is 0 Å². The topological polar surface area (TPSA) is 41.6 Å². The van der Waals surface area contributed by atoms with Gasteiger partial charge in [-0.05, 0) is 46.6 Å². The molecular formula is C16H34N2O2. The zero-order valence-corrected chi connectivity index (χ0v) is 14.5. The first-order valence-corrected chi connectivity index (χ1v) is 7.93. The van der Waals surface area contributed by atoms with Crippen molar-refractivity contribution in [2.45, 2.75) is 66.5 Å². The van der Waals surface area contributed by atoms with Crippen molar-refractivity contribution in [2.75, 3.05) is 26.2 Å². The zero-order valence-electron chi connectivity index (χ0n) is 14.5. The number of carbonyl (C=O) groups excluding carboxylic acids is 1. The molecule has 1 atom stereocenters. The van der Waals surface area contributed by atoms with Crippen molar-refractivity contribution in [3.8, 4) is 0 Å². The average Bonchev–Trinajstić information content (AvgIpc) is 2.34. The van der Waals surface area contributed by atoms with E-state index in [0.29, 0.717) is 18.6 Å². The minimum absolute atomic E-state index is 0.143. The summed E-state index contributed by atoms with van der Waals surface area (Å²) < 4.78 is 5.21. The Balaban J connectivity index is 4.68. The molecule has 0 aliphatic rings. The summed E-state index contributed by atoms with van der Waals surface area (Å²) in [5, 5.41) is 3.29. The maximum atomic E-state index is 12.2. The molecular weight excluding hydrogens is 252 g/mol. The molecule has 0 amide bonds. The van der Waals surface area contributed by atoms with Crippen LogP contribution >= 0.6 is 0 Å². The summed E-state index contributed by atoms with van der Waals surface area (Å²) in [6.45, 7) is 17.8. The van der Waals surface area contributed by atoms with E-state index >= 15 is 0 Å². The standard InChI is InChI=1S/C16H34N2O2/c1-8-17-16(7,15(19)20-9-2)10-11-18(14(5)6)12-13(3)4/h13-14,17H,8-12H2,1-7H3. The molecule has 0 radical (unpaired) electrons. The molecule has 0 saturated heterocycles. The molecule has 0 aromatic heterocycles. The minimum atomic E-state index is -0.588. The van der Waals surface area contributed by atoms with E-state index in [4.69, 9.17) is 4.74 Å². The number of likely N-dealkylation sites (N-methyl/N-ethyl adjacent to an activating group) is 1. The number of hydrogen-bond donors (Lipinski definition) is 1. The molecule has 0 aliphatic heterocycles. The Bertz CT molecular complexity index is 280. The third-order valence-corrected chi connectivity index (χ3v) is 3.52. The van der Waals surface area contributed by atoms with Crippen LogP contribution in [-0.4, -0.2) is 48.7 Å². The van der Waals surface area contributed by atoms with Crippen LogP contribution in [-0.2, 0) is 9.53 Å². The molecule has 0 bridgehead atoms. The van der Waals surface area contributed by atoms with Gasteiger partial charge in [-0.3, -0.25) is 4.79 Å². The number of carbonyl (C=O) groups is 1. The summed E-state index contributed by atoms with van der Waals surface area (Å²) in [5.41, 5.74) is -0.588. The van der Waals surface area contributed by atoms with Gasteiger partial charge in [-0.2, -0.15) is 0 Å². The van der Waals surface area contributed by atoms with Gasteiger partial charge in [0.2, 0.25) is 0 Å². The summed E-state index contributed by atoms with van der Waals surface area (Å²) in [7, 11) is 0. The highest BCUT2D eigenvalue weighted by Gasteiger charge is 2.34. The number of rotatable bonds is 10. The van der Waals surface area contributed by atoms with Crippen LogP contribution in [0.4, 0.5) is 0 Å². The van der Waals surface area contributed by atoms with Crippen LogP contribution in [0, 0.1) is 5.92 Å². The maximum Gasteiger partial charge on any atom is 0.326 e. The smallest absolute Gasteiger partial charge is 0.326 e. The lowest BCUT2D eigenvalue weighted by Crippen LogP contribution is -2.52. The van der Waals surface area contributed by atoms with Crippen LogP contribution in [0.15, 0.2) is 0 Å². The van der Waals surface area contributed by atoms with Crippen LogP contribution in [0.2, 0.25) is 0 Å². The molecule has 0 fully saturated rings. The highest BCUT2D eigenvalue weighted by Crippen LogP contribution is 2.15. The molecule has 120 valence electrons. The van der Waals surface area contributed by atoms with E-state index in [1.54, 1.807) is 0 Å². The fraction of sp³-hybridized carbons (Fsp3) is 0.938. The van der Waals surface area contributed by atoms with Crippen LogP contribution < -0.4 is 5.32 Å². The lowest BCUT2D eigenvalue weighted by molar-refractivity contribution is -0.151. The molecule has 0 aliphatic carbocycles. The minimum Gasteiger partial charge on any atom is -0.465 e. The molecule has 0 aromatic carbocycles. The SMILES string of the molecule is CCNC(C)(CCN(CC(C)C)C(C)C)C(=O)OCC. The Morgan fingerprint density at radius 1 is 1.25 bits per heavy atom. The Labute approximate surface area is 125 Å². The molecule has 1 N–H and O–H groups in total. The van der Waals surface area contributed by atoms with Crippen molar-refractivity contribution >= 4 is 5.97 Å². The predicted octanol–water partition coefficient (Wildman–Crippen LogP) is 2.67. The van der Waals surface area contributed by atoms with Crippen molar-refractivity contribution in [2.24, 2.45) is 5.92 Å². The van der Waals surface area contributed by atoms with Gasteiger partial charge in [-0.25, -0.2) is 0 Å². The highest BCUT2D eigenvalue weighted by molar-refractivity contribution is 5.80. The number of ether oxygens (including phenoxy) is 1. The van der Waals surface area contributed by atoms with E-state index in [1.807, 2.05) is 20.8 Å². The fourth-order valence-corrected chi connectivity index (χ4v) is 2.34. The van der Waals surface area contributed by atoms with Crippen LogP contribution in [0.1, 0.15) is 54.9 Å². The lowest BCUT2D eigenvalue weighted by atomic mass is 9.96. The summed E-state index contributed by atoms with van der Waals surface area (Å²) in [6, 6.07) is 0.491. The fourth-order valence-electron chi connectivity index (χ4n) is 2.34. The number of nitrogens with zero attached hydrogens (tertiary/aromatic N) is 1. The van der Waals surface area contributed by atoms with E-state index < -0.39 is 5.54 Å². The van der Waals surface area contributed by atoms with Crippen molar-refractivity contribution < 1.29 is 9.53 Å². The number of esters is 1. The molecule has 0 saturated carbocycles. The van der Waals surface area contributed by atoms with Gasteiger partial charge in [0, 0.05) is 19.1 Å². The van der Waals surface area contributed by atoms with E-state index in [-0.39, 0.29) is 5.97 Å². The summed E-state index contributed by atoms with van der Waals surface area (Å²) >= 11 is 0. The molecule has 1 unspecified atom stereocenters. The number of nitrogens with one attached hydrogen (secondary N) is 1. The zero-order chi connectivity index (χ0) is 15.8. The largest absolute Gasteiger partial charge is 0.465 e. The van der Waals surface area contributed by atoms with E-state index in [1.165, 1.54) is 0 Å². The first-order valence-electron chi connectivity index (χ1n) is 7.93. The molecule has 4 heteroatoms. The van der Waals surface area contributed by atoms with Crippen molar-refractivity contribution in [3.05, 3.63) is 0 Å². The Hall–Kier alpha value is -0.610. The molecule has 0 spiro atoms. The third-order valence-electron chi connectivity index (χ3n) is 3.52. The van der Waals surface area contributed by atoms with Crippen molar-refractivity contribution in [1.82, 2.24) is 10.2 Å². The van der Waals surface area contributed by atoms with Crippen LogP contribution in [0.25, 0.3) is 0 Å².